The van der Waals surface area contributed by atoms with Gasteiger partial charge in [0.15, 0.2) is 0 Å². The van der Waals surface area contributed by atoms with Crippen molar-refractivity contribution in [1.29, 1.82) is 0 Å². The largest absolute Gasteiger partial charge is 0.379 e. The third kappa shape index (κ3) is 4.46. The van der Waals surface area contributed by atoms with Gasteiger partial charge < -0.3 is 15.0 Å². The Kier molecular flexibility index (Phi) is 5.22. The standard InChI is InChI=1S/C15H28N2O2/c1-13(16-15(2)7-10-19-12-15)11-14(18)17-8-5-3-4-6-9-17/h13,16H,3-12H2,1-2H3/t13-,15-/m1/s1. The van der Waals surface area contributed by atoms with Crippen LogP contribution in [0.3, 0.4) is 0 Å². The molecule has 4 heteroatoms. The molecule has 0 aromatic heterocycles. The van der Waals surface area contributed by atoms with Crippen LogP contribution in [0.4, 0.5) is 0 Å². The number of nitrogens with zero attached hydrogens (tertiary/aromatic N) is 1. The molecule has 0 aromatic carbocycles. The highest BCUT2D eigenvalue weighted by atomic mass is 16.5. The van der Waals surface area contributed by atoms with E-state index >= 15 is 0 Å². The first-order valence-electron chi connectivity index (χ1n) is 7.72. The van der Waals surface area contributed by atoms with E-state index in [4.69, 9.17) is 4.74 Å². The summed E-state index contributed by atoms with van der Waals surface area (Å²) >= 11 is 0. The maximum Gasteiger partial charge on any atom is 0.224 e. The zero-order valence-corrected chi connectivity index (χ0v) is 12.4. The van der Waals surface area contributed by atoms with Crippen molar-refractivity contribution in [1.82, 2.24) is 10.2 Å². The van der Waals surface area contributed by atoms with Crippen LogP contribution in [0.1, 0.15) is 52.4 Å². The fourth-order valence-corrected chi connectivity index (χ4v) is 3.14. The zero-order valence-electron chi connectivity index (χ0n) is 12.4. The smallest absolute Gasteiger partial charge is 0.224 e. The Hall–Kier alpha value is -0.610. The number of amides is 1. The summed E-state index contributed by atoms with van der Waals surface area (Å²) in [4.78, 5) is 14.3. The summed E-state index contributed by atoms with van der Waals surface area (Å²) in [5.41, 5.74) is 0.0541. The Bertz CT molecular complexity index is 293. The van der Waals surface area contributed by atoms with Crippen molar-refractivity contribution in [3.8, 4) is 0 Å². The predicted octanol–water partition coefficient (Wildman–Crippen LogP) is 1.94. The molecular weight excluding hydrogens is 240 g/mol. The van der Waals surface area contributed by atoms with Crippen LogP contribution in [0, 0.1) is 0 Å². The van der Waals surface area contributed by atoms with Gasteiger partial charge in [-0.2, -0.15) is 0 Å². The van der Waals surface area contributed by atoms with Gasteiger partial charge in [0.1, 0.15) is 0 Å². The zero-order chi connectivity index (χ0) is 13.7. The molecule has 1 N–H and O–H groups in total. The van der Waals surface area contributed by atoms with E-state index < -0.39 is 0 Å². The van der Waals surface area contributed by atoms with Gasteiger partial charge in [0, 0.05) is 37.7 Å². The van der Waals surface area contributed by atoms with Crippen molar-refractivity contribution >= 4 is 5.91 Å². The number of carbonyl (C=O) groups excluding carboxylic acids is 1. The Balaban J connectivity index is 1.77. The summed E-state index contributed by atoms with van der Waals surface area (Å²) in [6, 6.07) is 0.224. The Labute approximate surface area is 116 Å². The molecule has 2 atom stereocenters. The van der Waals surface area contributed by atoms with Crippen LogP contribution in [-0.2, 0) is 9.53 Å². The molecule has 110 valence electrons. The van der Waals surface area contributed by atoms with E-state index in [0.29, 0.717) is 12.3 Å². The minimum Gasteiger partial charge on any atom is -0.379 e. The second-order valence-corrected chi connectivity index (χ2v) is 6.41. The molecular formula is C15H28N2O2. The number of ether oxygens (including phenoxy) is 1. The van der Waals surface area contributed by atoms with Crippen LogP contribution in [0.25, 0.3) is 0 Å². The average molecular weight is 268 g/mol. The van der Waals surface area contributed by atoms with Gasteiger partial charge in [0.2, 0.25) is 5.91 Å². The Morgan fingerprint density at radius 1 is 1.32 bits per heavy atom. The molecule has 0 bridgehead atoms. The molecule has 2 saturated heterocycles. The van der Waals surface area contributed by atoms with Crippen molar-refractivity contribution in [2.24, 2.45) is 0 Å². The molecule has 0 aromatic rings. The Morgan fingerprint density at radius 3 is 2.58 bits per heavy atom. The van der Waals surface area contributed by atoms with E-state index in [1.165, 1.54) is 25.7 Å². The molecule has 0 unspecified atom stereocenters. The summed E-state index contributed by atoms with van der Waals surface area (Å²) in [6.45, 7) is 7.79. The van der Waals surface area contributed by atoms with E-state index in [1.54, 1.807) is 0 Å². The lowest BCUT2D eigenvalue weighted by molar-refractivity contribution is -0.131. The number of carbonyl (C=O) groups is 1. The van der Waals surface area contributed by atoms with Gasteiger partial charge in [-0.15, -0.1) is 0 Å². The van der Waals surface area contributed by atoms with E-state index in [0.717, 1.165) is 32.7 Å². The topological polar surface area (TPSA) is 41.6 Å². The van der Waals surface area contributed by atoms with Crippen LogP contribution in [0.5, 0.6) is 0 Å². The van der Waals surface area contributed by atoms with Crippen LogP contribution in [-0.4, -0.2) is 48.7 Å². The van der Waals surface area contributed by atoms with Gasteiger partial charge in [-0.1, -0.05) is 12.8 Å². The maximum absolute atomic E-state index is 12.3. The lowest BCUT2D eigenvalue weighted by atomic mass is 9.99. The monoisotopic (exact) mass is 268 g/mol. The summed E-state index contributed by atoms with van der Waals surface area (Å²) in [5.74, 6) is 0.310. The first-order chi connectivity index (χ1) is 9.09. The van der Waals surface area contributed by atoms with Crippen LogP contribution < -0.4 is 5.32 Å². The highest BCUT2D eigenvalue weighted by molar-refractivity contribution is 5.76. The third-order valence-electron chi connectivity index (χ3n) is 4.25. The molecule has 2 aliphatic rings. The molecule has 1 amide bonds. The maximum atomic E-state index is 12.3. The van der Waals surface area contributed by atoms with Crippen LogP contribution in [0.15, 0.2) is 0 Å². The molecule has 2 rings (SSSR count). The molecule has 19 heavy (non-hydrogen) atoms. The molecule has 0 aliphatic carbocycles. The van der Waals surface area contributed by atoms with Gasteiger partial charge in [-0.05, 0) is 33.1 Å². The molecule has 4 nitrogen and oxygen atoms in total. The number of hydrogen-bond donors (Lipinski definition) is 1. The molecule has 0 saturated carbocycles. The van der Waals surface area contributed by atoms with Crippen molar-refractivity contribution < 1.29 is 9.53 Å². The second-order valence-electron chi connectivity index (χ2n) is 6.41. The summed E-state index contributed by atoms with van der Waals surface area (Å²) in [7, 11) is 0. The predicted molar refractivity (Wildman–Crippen MR) is 76.1 cm³/mol. The summed E-state index contributed by atoms with van der Waals surface area (Å²) < 4.78 is 5.44. The number of likely N-dealkylation sites (tertiary alicyclic amines) is 1. The third-order valence-corrected chi connectivity index (χ3v) is 4.25. The molecule has 2 fully saturated rings. The fourth-order valence-electron chi connectivity index (χ4n) is 3.14. The quantitative estimate of drug-likeness (QED) is 0.847. The van der Waals surface area contributed by atoms with Gasteiger partial charge in [0.25, 0.3) is 0 Å². The van der Waals surface area contributed by atoms with Crippen molar-refractivity contribution in [3.63, 3.8) is 0 Å². The SMILES string of the molecule is C[C@H](CC(=O)N1CCCCCC1)N[C@]1(C)CCOC1. The van der Waals surface area contributed by atoms with E-state index in [-0.39, 0.29) is 11.6 Å². The van der Waals surface area contributed by atoms with E-state index in [2.05, 4.69) is 24.1 Å². The second kappa shape index (κ2) is 6.71. The van der Waals surface area contributed by atoms with E-state index in [9.17, 15) is 4.79 Å². The minimum absolute atomic E-state index is 0.0541. The van der Waals surface area contributed by atoms with Crippen LogP contribution in [0.2, 0.25) is 0 Å². The first-order valence-corrected chi connectivity index (χ1v) is 7.72. The number of hydrogen-bond acceptors (Lipinski definition) is 3. The van der Waals surface area contributed by atoms with Gasteiger partial charge in [-0.25, -0.2) is 0 Å². The van der Waals surface area contributed by atoms with Crippen LogP contribution >= 0.6 is 0 Å². The van der Waals surface area contributed by atoms with Gasteiger partial charge in [-0.3, -0.25) is 4.79 Å². The lowest BCUT2D eigenvalue weighted by Crippen LogP contribution is -2.49. The molecule has 0 spiro atoms. The normalized spacial score (nSPS) is 30.1. The number of nitrogens with one attached hydrogen (secondary N) is 1. The highest BCUT2D eigenvalue weighted by Crippen LogP contribution is 2.19. The van der Waals surface area contributed by atoms with E-state index in [1.807, 2.05) is 0 Å². The minimum atomic E-state index is 0.0541. The van der Waals surface area contributed by atoms with Gasteiger partial charge in [0.05, 0.1) is 6.61 Å². The first kappa shape index (κ1) is 14.8. The van der Waals surface area contributed by atoms with Crippen molar-refractivity contribution in [2.45, 2.75) is 64.0 Å². The highest BCUT2D eigenvalue weighted by Gasteiger charge is 2.31. The molecule has 0 radical (unpaired) electrons. The lowest BCUT2D eigenvalue weighted by Gasteiger charge is -2.29. The van der Waals surface area contributed by atoms with Crippen molar-refractivity contribution in [2.75, 3.05) is 26.3 Å². The molecule has 2 aliphatic heterocycles. The Morgan fingerprint density at radius 2 is 2.00 bits per heavy atom. The average Bonchev–Trinajstić information content (AvgIpc) is 2.64. The summed E-state index contributed by atoms with van der Waals surface area (Å²) in [5, 5.41) is 3.57. The molecule has 2 heterocycles. The number of rotatable bonds is 4. The summed E-state index contributed by atoms with van der Waals surface area (Å²) in [6.07, 6.45) is 6.52. The van der Waals surface area contributed by atoms with Crippen molar-refractivity contribution in [3.05, 3.63) is 0 Å². The fraction of sp³-hybridized carbons (Fsp3) is 0.933. The van der Waals surface area contributed by atoms with Gasteiger partial charge >= 0.3 is 0 Å².